The Kier molecular flexibility index (Phi) is 7.77. The maximum atomic E-state index is 13.7. The Balaban J connectivity index is 1.22. The Labute approximate surface area is 240 Å². The van der Waals surface area contributed by atoms with E-state index in [0.29, 0.717) is 18.6 Å². The van der Waals surface area contributed by atoms with Gasteiger partial charge in [-0.15, -0.1) is 0 Å². The Bertz CT molecular complexity index is 1480. The van der Waals surface area contributed by atoms with E-state index in [9.17, 15) is 14.0 Å². The molecule has 2 aliphatic carbocycles. The van der Waals surface area contributed by atoms with Crippen LogP contribution >= 0.6 is 0 Å². The van der Waals surface area contributed by atoms with E-state index in [1.54, 1.807) is 6.07 Å². The number of aryl methyl sites for hydroxylation is 2. The van der Waals surface area contributed by atoms with Crippen molar-refractivity contribution in [3.05, 3.63) is 57.1 Å². The van der Waals surface area contributed by atoms with Crippen molar-refractivity contribution in [2.75, 3.05) is 6.61 Å². The highest BCUT2D eigenvalue weighted by molar-refractivity contribution is 5.80. The molecule has 41 heavy (non-hydrogen) atoms. The van der Waals surface area contributed by atoms with Crippen LogP contribution in [0.4, 0.5) is 4.39 Å². The van der Waals surface area contributed by atoms with Crippen molar-refractivity contribution < 1.29 is 18.4 Å². The number of hydrogen-bond acceptors (Lipinski definition) is 6. The van der Waals surface area contributed by atoms with Gasteiger partial charge < -0.3 is 9.26 Å². The van der Waals surface area contributed by atoms with Gasteiger partial charge in [0.15, 0.2) is 5.58 Å². The van der Waals surface area contributed by atoms with Crippen molar-refractivity contribution >= 4 is 16.9 Å². The highest BCUT2D eigenvalue weighted by Gasteiger charge is 2.41. The predicted octanol–water partition coefficient (Wildman–Crippen LogP) is 6.96. The van der Waals surface area contributed by atoms with E-state index in [-0.39, 0.29) is 28.7 Å². The number of nitrogens with zero attached hydrogens (tertiary/aromatic N) is 3. The summed E-state index contributed by atoms with van der Waals surface area (Å²) in [4.78, 5) is 31.6. The van der Waals surface area contributed by atoms with Gasteiger partial charge in [0, 0.05) is 47.0 Å². The predicted molar refractivity (Wildman–Crippen MR) is 154 cm³/mol. The molecule has 0 N–H and O–H groups in total. The van der Waals surface area contributed by atoms with Crippen LogP contribution in [0.1, 0.15) is 113 Å². The standard InChI is InChI=1S/C33H42FN3O4/c1-22-25(30(38)37-19-7-4-8-28(37)35-22)13-18-33(21-40-31(39)32(2)14-5-3-6-15-32)16-11-23(12-17-33)29-26-10-9-24(34)20-27(26)41-36-29/h9-10,20,23H,3-8,11-19,21H2,1-2H3. The molecule has 220 valence electrons. The summed E-state index contributed by atoms with van der Waals surface area (Å²) < 4.78 is 27.2. The van der Waals surface area contributed by atoms with Crippen molar-refractivity contribution in [3.63, 3.8) is 0 Å². The number of fused-ring (bicyclic) bond motifs is 2. The monoisotopic (exact) mass is 563 g/mol. The molecule has 3 aliphatic rings. The third-order valence-corrected chi connectivity index (χ3v) is 10.3. The SMILES string of the molecule is Cc1nc2n(c(=O)c1CCC1(COC(=O)C3(C)CCCCC3)CCC(c3noc4cc(F)ccc34)CC1)CCCC2. The average molecular weight is 564 g/mol. The van der Waals surface area contributed by atoms with Crippen LogP contribution < -0.4 is 5.56 Å². The van der Waals surface area contributed by atoms with E-state index < -0.39 is 5.41 Å². The van der Waals surface area contributed by atoms with E-state index >= 15 is 0 Å². The van der Waals surface area contributed by atoms with E-state index in [0.717, 1.165) is 112 Å². The fourth-order valence-corrected chi connectivity index (χ4v) is 7.53. The summed E-state index contributed by atoms with van der Waals surface area (Å²) in [5, 5.41) is 5.20. The zero-order valence-corrected chi connectivity index (χ0v) is 24.5. The summed E-state index contributed by atoms with van der Waals surface area (Å²) in [5.41, 5.74) is 2.47. The van der Waals surface area contributed by atoms with Crippen LogP contribution in [-0.2, 0) is 28.9 Å². The zero-order valence-electron chi connectivity index (χ0n) is 24.5. The minimum atomic E-state index is -0.399. The summed E-state index contributed by atoms with van der Waals surface area (Å²) in [6.07, 6.45) is 12.9. The van der Waals surface area contributed by atoms with Gasteiger partial charge in [0.1, 0.15) is 11.6 Å². The molecule has 2 aromatic heterocycles. The summed E-state index contributed by atoms with van der Waals surface area (Å²) >= 11 is 0. The number of carbonyl (C=O) groups excluding carboxylic acids is 1. The number of hydrogen-bond donors (Lipinski definition) is 0. The van der Waals surface area contributed by atoms with Crippen molar-refractivity contribution in [1.82, 2.24) is 14.7 Å². The number of rotatable bonds is 7. The molecule has 3 aromatic rings. The first-order chi connectivity index (χ1) is 19.8. The first-order valence-corrected chi connectivity index (χ1v) is 15.6. The van der Waals surface area contributed by atoms with Crippen LogP contribution in [0.25, 0.3) is 11.0 Å². The fraction of sp³-hybridized carbons (Fsp3) is 0.636. The van der Waals surface area contributed by atoms with E-state index in [4.69, 9.17) is 14.2 Å². The van der Waals surface area contributed by atoms with Crippen LogP contribution in [0.15, 0.2) is 27.5 Å². The number of ether oxygens (including phenoxy) is 1. The molecule has 0 radical (unpaired) electrons. The van der Waals surface area contributed by atoms with Gasteiger partial charge in [-0.25, -0.2) is 9.37 Å². The van der Waals surface area contributed by atoms with Gasteiger partial charge in [0.05, 0.1) is 17.7 Å². The Hall–Kier alpha value is -3.03. The topological polar surface area (TPSA) is 87.2 Å². The van der Waals surface area contributed by atoms with Gasteiger partial charge in [0.2, 0.25) is 0 Å². The number of esters is 1. The molecule has 8 heteroatoms. The molecule has 3 heterocycles. The molecule has 0 unspecified atom stereocenters. The largest absolute Gasteiger partial charge is 0.465 e. The van der Waals surface area contributed by atoms with Gasteiger partial charge >= 0.3 is 5.97 Å². The minimum absolute atomic E-state index is 0.0742. The molecule has 0 amide bonds. The Morgan fingerprint density at radius 1 is 1.12 bits per heavy atom. The van der Waals surface area contributed by atoms with Crippen molar-refractivity contribution in [2.45, 2.75) is 116 Å². The van der Waals surface area contributed by atoms with Gasteiger partial charge in [-0.2, -0.15) is 0 Å². The lowest BCUT2D eigenvalue weighted by Gasteiger charge is -2.41. The Morgan fingerprint density at radius 2 is 1.90 bits per heavy atom. The smallest absolute Gasteiger partial charge is 0.311 e. The third kappa shape index (κ3) is 5.59. The second-order valence-corrected chi connectivity index (χ2v) is 13.2. The average Bonchev–Trinajstić information content (AvgIpc) is 3.39. The van der Waals surface area contributed by atoms with Crippen LogP contribution in [0.3, 0.4) is 0 Å². The van der Waals surface area contributed by atoms with Gasteiger partial charge in [0.25, 0.3) is 5.56 Å². The second-order valence-electron chi connectivity index (χ2n) is 13.2. The normalized spacial score (nSPS) is 24.2. The van der Waals surface area contributed by atoms with Crippen LogP contribution in [0.2, 0.25) is 0 Å². The highest BCUT2D eigenvalue weighted by Crippen LogP contribution is 2.47. The van der Waals surface area contributed by atoms with Crippen molar-refractivity contribution in [3.8, 4) is 0 Å². The van der Waals surface area contributed by atoms with Crippen LogP contribution in [-0.4, -0.2) is 27.3 Å². The molecule has 6 rings (SSSR count). The molecule has 2 fully saturated rings. The van der Waals surface area contributed by atoms with Crippen molar-refractivity contribution in [2.24, 2.45) is 10.8 Å². The van der Waals surface area contributed by atoms with E-state index in [1.807, 2.05) is 11.5 Å². The van der Waals surface area contributed by atoms with Gasteiger partial charge in [-0.05, 0) is 90.2 Å². The minimum Gasteiger partial charge on any atom is -0.465 e. The fourth-order valence-electron chi connectivity index (χ4n) is 7.53. The zero-order chi connectivity index (χ0) is 28.6. The lowest BCUT2D eigenvalue weighted by molar-refractivity contribution is -0.161. The summed E-state index contributed by atoms with van der Waals surface area (Å²) in [6, 6.07) is 4.59. The first kappa shape index (κ1) is 28.1. The molecule has 0 bridgehead atoms. The molecular weight excluding hydrogens is 521 g/mol. The summed E-state index contributed by atoms with van der Waals surface area (Å²) in [5.74, 6) is 0.695. The van der Waals surface area contributed by atoms with Crippen LogP contribution in [0.5, 0.6) is 0 Å². The second kappa shape index (κ2) is 11.3. The molecule has 0 saturated heterocycles. The van der Waals surface area contributed by atoms with Crippen LogP contribution in [0, 0.1) is 23.6 Å². The molecule has 7 nitrogen and oxygen atoms in total. The maximum absolute atomic E-state index is 13.7. The maximum Gasteiger partial charge on any atom is 0.311 e. The molecule has 0 spiro atoms. The third-order valence-electron chi connectivity index (χ3n) is 10.3. The summed E-state index contributed by atoms with van der Waals surface area (Å²) in [7, 11) is 0. The van der Waals surface area contributed by atoms with Gasteiger partial charge in [-0.1, -0.05) is 24.4 Å². The van der Waals surface area contributed by atoms with Gasteiger partial charge in [-0.3, -0.25) is 14.2 Å². The number of aromatic nitrogens is 3. The number of benzene rings is 1. The first-order valence-electron chi connectivity index (χ1n) is 15.6. The lowest BCUT2D eigenvalue weighted by atomic mass is 9.67. The molecule has 1 aromatic carbocycles. The quantitative estimate of drug-likeness (QED) is 0.289. The Morgan fingerprint density at radius 3 is 2.68 bits per heavy atom. The number of carbonyl (C=O) groups is 1. The molecular formula is C33H42FN3O4. The molecule has 2 saturated carbocycles. The van der Waals surface area contributed by atoms with Crippen molar-refractivity contribution in [1.29, 1.82) is 0 Å². The molecule has 0 atom stereocenters. The van der Waals surface area contributed by atoms with E-state index in [2.05, 4.69) is 12.1 Å². The molecule has 1 aliphatic heterocycles. The highest BCUT2D eigenvalue weighted by atomic mass is 19.1. The summed E-state index contributed by atoms with van der Waals surface area (Å²) in [6.45, 7) is 5.13. The van der Waals surface area contributed by atoms with E-state index in [1.165, 1.54) is 18.6 Å². The number of halogens is 1. The lowest BCUT2D eigenvalue weighted by Crippen LogP contribution is -2.38.